The van der Waals surface area contributed by atoms with Gasteiger partial charge in [-0.1, -0.05) is 26.0 Å². The fourth-order valence-electron chi connectivity index (χ4n) is 2.52. The van der Waals surface area contributed by atoms with E-state index in [2.05, 4.69) is 24.1 Å². The minimum absolute atomic E-state index is 0.0699. The first-order valence-electron chi connectivity index (χ1n) is 7.98. The maximum absolute atomic E-state index is 13.8. The summed E-state index contributed by atoms with van der Waals surface area (Å²) in [6.45, 7) is 9.68. The summed E-state index contributed by atoms with van der Waals surface area (Å²) in [7, 11) is 0. The highest BCUT2D eigenvalue weighted by atomic mass is 19.1. The van der Waals surface area contributed by atoms with Crippen molar-refractivity contribution < 1.29 is 9.18 Å². The SMILES string of the molecule is CC(C)[C@H](C)NC(=O)CN1CCN(c2ccccc2F)CC1. The molecule has 0 bridgehead atoms. The minimum Gasteiger partial charge on any atom is -0.367 e. The van der Waals surface area contributed by atoms with E-state index in [1.165, 1.54) is 6.07 Å². The molecule has 1 heterocycles. The number of rotatable bonds is 5. The van der Waals surface area contributed by atoms with Crippen LogP contribution in [0, 0.1) is 11.7 Å². The Balaban J connectivity index is 1.80. The molecule has 1 atom stereocenters. The van der Waals surface area contributed by atoms with E-state index in [0.29, 0.717) is 18.2 Å². The molecule has 1 fully saturated rings. The molecule has 1 aliphatic rings. The number of para-hydroxylation sites is 1. The van der Waals surface area contributed by atoms with Gasteiger partial charge in [0, 0.05) is 32.2 Å². The van der Waals surface area contributed by atoms with Crippen LogP contribution in [0.3, 0.4) is 0 Å². The largest absolute Gasteiger partial charge is 0.367 e. The quantitative estimate of drug-likeness (QED) is 0.905. The van der Waals surface area contributed by atoms with Gasteiger partial charge < -0.3 is 10.2 Å². The summed E-state index contributed by atoms with van der Waals surface area (Å²) >= 11 is 0. The summed E-state index contributed by atoms with van der Waals surface area (Å²) < 4.78 is 13.8. The van der Waals surface area contributed by atoms with Gasteiger partial charge in [0.15, 0.2) is 0 Å². The van der Waals surface area contributed by atoms with Crippen LogP contribution < -0.4 is 10.2 Å². The summed E-state index contributed by atoms with van der Waals surface area (Å²) in [5, 5.41) is 3.02. The lowest BCUT2D eigenvalue weighted by molar-refractivity contribution is -0.123. The summed E-state index contributed by atoms with van der Waals surface area (Å²) in [5.41, 5.74) is 0.653. The Labute approximate surface area is 132 Å². The van der Waals surface area contributed by atoms with Gasteiger partial charge in [-0.15, -0.1) is 0 Å². The molecule has 1 amide bonds. The van der Waals surface area contributed by atoms with Gasteiger partial charge >= 0.3 is 0 Å². The normalized spacial score (nSPS) is 17.6. The third-order valence-corrected chi connectivity index (χ3v) is 4.32. The Morgan fingerprint density at radius 1 is 1.18 bits per heavy atom. The molecule has 1 saturated heterocycles. The van der Waals surface area contributed by atoms with Gasteiger partial charge in [-0.25, -0.2) is 4.39 Å². The zero-order valence-corrected chi connectivity index (χ0v) is 13.7. The Bertz CT molecular complexity index is 498. The van der Waals surface area contributed by atoms with Gasteiger partial charge in [0.05, 0.1) is 12.2 Å². The molecule has 122 valence electrons. The molecule has 5 heteroatoms. The minimum atomic E-state index is -0.181. The predicted octanol–water partition coefficient (Wildman–Crippen LogP) is 2.11. The highest BCUT2D eigenvalue weighted by Gasteiger charge is 2.21. The number of piperazine rings is 1. The molecule has 0 unspecified atom stereocenters. The lowest BCUT2D eigenvalue weighted by Gasteiger charge is -2.36. The third kappa shape index (κ3) is 4.44. The molecular formula is C17H26FN3O. The number of anilines is 1. The topological polar surface area (TPSA) is 35.6 Å². The summed E-state index contributed by atoms with van der Waals surface area (Å²) in [5.74, 6) is 0.321. The van der Waals surface area contributed by atoms with Gasteiger partial charge in [-0.2, -0.15) is 0 Å². The first kappa shape index (κ1) is 16.7. The molecule has 1 aromatic carbocycles. The van der Waals surface area contributed by atoms with E-state index in [1.807, 2.05) is 24.0 Å². The van der Waals surface area contributed by atoms with E-state index >= 15 is 0 Å². The zero-order chi connectivity index (χ0) is 16.1. The van der Waals surface area contributed by atoms with Gasteiger partial charge in [-0.05, 0) is 25.0 Å². The van der Waals surface area contributed by atoms with Gasteiger partial charge in [0.1, 0.15) is 5.82 Å². The maximum atomic E-state index is 13.8. The van der Waals surface area contributed by atoms with Crippen LogP contribution in [0.2, 0.25) is 0 Å². The van der Waals surface area contributed by atoms with Crippen LogP contribution in [0.4, 0.5) is 10.1 Å². The van der Waals surface area contributed by atoms with E-state index < -0.39 is 0 Å². The molecule has 1 aliphatic heterocycles. The molecule has 0 aliphatic carbocycles. The van der Waals surface area contributed by atoms with Crippen LogP contribution >= 0.6 is 0 Å². The Morgan fingerprint density at radius 2 is 1.82 bits per heavy atom. The smallest absolute Gasteiger partial charge is 0.234 e. The number of halogens is 1. The molecule has 1 N–H and O–H groups in total. The fraction of sp³-hybridized carbons (Fsp3) is 0.588. The highest BCUT2D eigenvalue weighted by molar-refractivity contribution is 5.78. The number of carbonyl (C=O) groups excluding carboxylic acids is 1. The van der Waals surface area contributed by atoms with Gasteiger partial charge in [-0.3, -0.25) is 9.69 Å². The van der Waals surface area contributed by atoms with Gasteiger partial charge in [0.25, 0.3) is 0 Å². The molecule has 4 nitrogen and oxygen atoms in total. The van der Waals surface area contributed by atoms with Crippen molar-refractivity contribution in [3.8, 4) is 0 Å². The number of amides is 1. The number of hydrogen-bond acceptors (Lipinski definition) is 3. The molecule has 1 aromatic rings. The highest BCUT2D eigenvalue weighted by Crippen LogP contribution is 2.19. The maximum Gasteiger partial charge on any atom is 0.234 e. The lowest BCUT2D eigenvalue weighted by Crippen LogP contribution is -2.50. The Morgan fingerprint density at radius 3 is 2.41 bits per heavy atom. The van der Waals surface area contributed by atoms with E-state index in [0.717, 1.165) is 26.2 Å². The number of hydrogen-bond donors (Lipinski definition) is 1. The second kappa shape index (κ2) is 7.58. The van der Waals surface area contributed by atoms with Crippen molar-refractivity contribution in [3.63, 3.8) is 0 Å². The molecule has 0 radical (unpaired) electrons. The van der Waals surface area contributed by atoms with E-state index in [4.69, 9.17) is 0 Å². The predicted molar refractivity (Wildman–Crippen MR) is 87.5 cm³/mol. The second-order valence-corrected chi connectivity index (χ2v) is 6.31. The first-order chi connectivity index (χ1) is 10.5. The summed E-state index contributed by atoms with van der Waals surface area (Å²) in [6, 6.07) is 7.04. The first-order valence-corrected chi connectivity index (χ1v) is 7.98. The van der Waals surface area contributed by atoms with Crippen LogP contribution in [0.1, 0.15) is 20.8 Å². The summed E-state index contributed by atoms with van der Waals surface area (Å²) in [6.07, 6.45) is 0. The number of benzene rings is 1. The van der Waals surface area contributed by atoms with E-state index in [1.54, 1.807) is 6.07 Å². The fourth-order valence-corrected chi connectivity index (χ4v) is 2.52. The summed E-state index contributed by atoms with van der Waals surface area (Å²) in [4.78, 5) is 16.2. The van der Waals surface area contributed by atoms with Crippen molar-refractivity contribution in [2.75, 3.05) is 37.6 Å². The van der Waals surface area contributed by atoms with Gasteiger partial charge in [0.2, 0.25) is 5.91 Å². The second-order valence-electron chi connectivity index (χ2n) is 6.31. The number of carbonyl (C=O) groups is 1. The van der Waals surface area contributed by atoms with E-state index in [-0.39, 0.29) is 17.8 Å². The van der Waals surface area contributed by atoms with Crippen LogP contribution in [0.15, 0.2) is 24.3 Å². The van der Waals surface area contributed by atoms with Crippen molar-refractivity contribution in [1.82, 2.24) is 10.2 Å². The van der Waals surface area contributed by atoms with Crippen molar-refractivity contribution in [2.45, 2.75) is 26.8 Å². The van der Waals surface area contributed by atoms with Crippen LogP contribution in [0.5, 0.6) is 0 Å². The van der Waals surface area contributed by atoms with Crippen molar-refractivity contribution in [2.24, 2.45) is 5.92 Å². The third-order valence-electron chi connectivity index (χ3n) is 4.32. The average Bonchev–Trinajstić information content (AvgIpc) is 2.48. The molecule has 0 aromatic heterocycles. The van der Waals surface area contributed by atoms with Crippen molar-refractivity contribution in [1.29, 1.82) is 0 Å². The lowest BCUT2D eigenvalue weighted by atomic mass is 10.1. The van der Waals surface area contributed by atoms with Crippen molar-refractivity contribution >= 4 is 11.6 Å². The van der Waals surface area contributed by atoms with Crippen LogP contribution in [0.25, 0.3) is 0 Å². The van der Waals surface area contributed by atoms with Crippen LogP contribution in [-0.4, -0.2) is 49.6 Å². The molecule has 0 spiro atoms. The standard InChI is InChI=1S/C17H26FN3O/c1-13(2)14(3)19-17(22)12-20-8-10-21(11-9-20)16-7-5-4-6-15(16)18/h4-7,13-14H,8-12H2,1-3H3,(H,19,22)/t14-/m0/s1. The molecule has 2 rings (SSSR count). The van der Waals surface area contributed by atoms with E-state index in [9.17, 15) is 9.18 Å². The average molecular weight is 307 g/mol. The molecule has 0 saturated carbocycles. The number of nitrogens with one attached hydrogen (secondary N) is 1. The van der Waals surface area contributed by atoms with Crippen molar-refractivity contribution in [3.05, 3.63) is 30.1 Å². The number of nitrogens with zero attached hydrogens (tertiary/aromatic N) is 2. The molecule has 22 heavy (non-hydrogen) atoms. The molecular weight excluding hydrogens is 281 g/mol. The monoisotopic (exact) mass is 307 g/mol. The van der Waals surface area contributed by atoms with Crippen LogP contribution in [-0.2, 0) is 4.79 Å². The zero-order valence-electron chi connectivity index (χ0n) is 13.7. The Hall–Kier alpha value is -1.62. The Kier molecular flexibility index (Phi) is 5.77.